The minimum atomic E-state index is 0.506. The highest BCUT2D eigenvalue weighted by atomic mass is 35.5. The molecular weight excluding hydrogens is 415 g/mol. The maximum absolute atomic E-state index is 6.41. The summed E-state index contributed by atoms with van der Waals surface area (Å²) in [6.07, 6.45) is 5.04. The average Bonchev–Trinajstić information content (AvgIpc) is 2.71. The normalized spacial score (nSPS) is 13.2. The van der Waals surface area contributed by atoms with Gasteiger partial charge in [-0.3, -0.25) is 0 Å². The Morgan fingerprint density at radius 3 is 2.60 bits per heavy atom. The lowest BCUT2D eigenvalue weighted by atomic mass is 9.89. The van der Waals surface area contributed by atoms with Crippen LogP contribution in [0.4, 0.5) is 5.69 Å². The molecule has 0 bridgehead atoms. The number of aromatic nitrogens is 2. The van der Waals surface area contributed by atoms with Crippen LogP contribution in [-0.2, 0) is 6.54 Å². The van der Waals surface area contributed by atoms with E-state index in [0.29, 0.717) is 22.4 Å². The molecule has 0 spiro atoms. The zero-order valence-electron chi connectivity index (χ0n) is 17.1. The molecule has 6 heteroatoms. The number of halogens is 2. The van der Waals surface area contributed by atoms with Gasteiger partial charge in [-0.25, -0.2) is 9.97 Å². The van der Waals surface area contributed by atoms with Crippen molar-refractivity contribution in [2.75, 3.05) is 5.32 Å². The topological polar surface area (TPSA) is 63.8 Å². The number of aryl methyl sites for hydroxylation is 1. The third kappa shape index (κ3) is 4.08. The molecular formula is C24H24Cl2N4. The molecule has 0 atom stereocenters. The zero-order chi connectivity index (χ0) is 21.3. The summed E-state index contributed by atoms with van der Waals surface area (Å²) in [7, 11) is 0. The lowest BCUT2D eigenvalue weighted by molar-refractivity contribution is 0.664. The Morgan fingerprint density at radius 2 is 1.90 bits per heavy atom. The molecule has 30 heavy (non-hydrogen) atoms. The molecule has 3 N–H and O–H groups in total. The van der Waals surface area contributed by atoms with Gasteiger partial charge in [0.25, 0.3) is 0 Å². The smallest absolute Gasteiger partial charge is 0.176 e. The van der Waals surface area contributed by atoms with Gasteiger partial charge in [0.05, 0.1) is 16.4 Å². The largest absolute Gasteiger partial charge is 0.352 e. The van der Waals surface area contributed by atoms with Gasteiger partial charge in [-0.05, 0) is 79.6 Å². The second kappa shape index (κ2) is 8.76. The van der Waals surface area contributed by atoms with Gasteiger partial charge in [0, 0.05) is 29.0 Å². The van der Waals surface area contributed by atoms with Gasteiger partial charge in [-0.15, -0.1) is 0 Å². The van der Waals surface area contributed by atoms with Gasteiger partial charge < -0.3 is 11.1 Å². The minimum absolute atomic E-state index is 0.506. The van der Waals surface area contributed by atoms with E-state index in [4.69, 9.17) is 33.9 Å². The molecule has 1 saturated carbocycles. The van der Waals surface area contributed by atoms with Crippen molar-refractivity contribution in [2.45, 2.75) is 39.7 Å². The molecule has 1 aliphatic carbocycles. The van der Waals surface area contributed by atoms with Gasteiger partial charge in [0.1, 0.15) is 0 Å². The number of benzene rings is 2. The first-order valence-electron chi connectivity index (χ1n) is 10.0. The SMILES string of the molecule is Cc1ccc(CN)c(C)c1NC(=C1CCC1)c1nccc(-c2cc(Cl)ccc2Cl)n1. The summed E-state index contributed by atoms with van der Waals surface area (Å²) < 4.78 is 0. The van der Waals surface area contributed by atoms with Gasteiger partial charge in [-0.2, -0.15) is 0 Å². The van der Waals surface area contributed by atoms with Gasteiger partial charge in [-0.1, -0.05) is 35.3 Å². The van der Waals surface area contributed by atoms with Crippen LogP contribution < -0.4 is 11.1 Å². The number of nitrogens with zero attached hydrogens (tertiary/aromatic N) is 2. The monoisotopic (exact) mass is 438 g/mol. The van der Waals surface area contributed by atoms with Crippen LogP contribution in [0.15, 0.2) is 48.2 Å². The Labute approximate surface area is 187 Å². The summed E-state index contributed by atoms with van der Waals surface area (Å²) in [6, 6.07) is 11.4. The Balaban J connectivity index is 1.78. The first kappa shape index (κ1) is 20.9. The summed E-state index contributed by atoms with van der Waals surface area (Å²) in [5, 5.41) is 4.88. The van der Waals surface area contributed by atoms with Crippen LogP contribution in [0.3, 0.4) is 0 Å². The molecule has 1 aliphatic rings. The van der Waals surface area contributed by atoms with Crippen molar-refractivity contribution in [3.05, 3.63) is 80.7 Å². The maximum atomic E-state index is 6.41. The summed E-state index contributed by atoms with van der Waals surface area (Å²) in [5.41, 5.74) is 14.3. The maximum Gasteiger partial charge on any atom is 0.176 e. The number of hydrogen-bond donors (Lipinski definition) is 2. The van der Waals surface area contributed by atoms with Crippen molar-refractivity contribution in [3.8, 4) is 11.3 Å². The Bertz CT molecular complexity index is 1130. The first-order chi connectivity index (χ1) is 14.5. The lowest BCUT2D eigenvalue weighted by Crippen LogP contribution is -2.13. The molecule has 4 nitrogen and oxygen atoms in total. The zero-order valence-corrected chi connectivity index (χ0v) is 18.6. The molecule has 0 saturated heterocycles. The van der Waals surface area contributed by atoms with Crippen LogP contribution in [0.1, 0.15) is 41.8 Å². The van der Waals surface area contributed by atoms with E-state index >= 15 is 0 Å². The third-order valence-electron chi connectivity index (χ3n) is 5.65. The summed E-state index contributed by atoms with van der Waals surface area (Å²) >= 11 is 12.6. The quantitative estimate of drug-likeness (QED) is 0.474. The minimum Gasteiger partial charge on any atom is -0.352 e. The Hall–Kier alpha value is -2.40. The Morgan fingerprint density at radius 1 is 1.10 bits per heavy atom. The van der Waals surface area contributed by atoms with E-state index in [1.54, 1.807) is 18.3 Å². The number of nitrogens with two attached hydrogens (primary N) is 1. The molecule has 4 rings (SSSR count). The van der Waals surface area contributed by atoms with Crippen LogP contribution in [0, 0.1) is 13.8 Å². The summed E-state index contributed by atoms with van der Waals surface area (Å²) in [6.45, 7) is 4.71. The summed E-state index contributed by atoms with van der Waals surface area (Å²) in [4.78, 5) is 9.43. The highest BCUT2D eigenvalue weighted by Crippen LogP contribution is 2.36. The van der Waals surface area contributed by atoms with Gasteiger partial charge in [0.2, 0.25) is 0 Å². The highest BCUT2D eigenvalue weighted by Gasteiger charge is 2.21. The molecule has 1 heterocycles. The standard InChI is InChI=1S/C24H24Cl2N4/c1-14-6-7-17(13-27)15(2)22(14)30-23(16-4-3-5-16)24-28-11-10-21(29-24)19-12-18(25)8-9-20(19)26/h6-12,30H,3-5,13,27H2,1-2H3. The fourth-order valence-electron chi connectivity index (χ4n) is 3.66. The predicted molar refractivity (Wildman–Crippen MR) is 126 cm³/mol. The van der Waals surface area contributed by atoms with Gasteiger partial charge in [0.15, 0.2) is 5.82 Å². The number of allylic oxidation sites excluding steroid dienone is 1. The molecule has 1 aromatic heterocycles. The lowest BCUT2D eigenvalue weighted by Gasteiger charge is -2.24. The fraction of sp³-hybridized carbons (Fsp3) is 0.250. The highest BCUT2D eigenvalue weighted by molar-refractivity contribution is 6.35. The molecule has 1 fully saturated rings. The van der Waals surface area contributed by atoms with Gasteiger partial charge >= 0.3 is 0 Å². The van der Waals surface area contributed by atoms with Crippen LogP contribution >= 0.6 is 23.2 Å². The molecule has 3 aromatic rings. The second-order valence-corrected chi connectivity index (χ2v) is 8.44. The third-order valence-corrected chi connectivity index (χ3v) is 6.21. The van der Waals surface area contributed by atoms with E-state index in [1.165, 1.54) is 12.0 Å². The van der Waals surface area contributed by atoms with Crippen molar-refractivity contribution < 1.29 is 0 Å². The second-order valence-electron chi connectivity index (χ2n) is 7.59. The molecule has 0 aliphatic heterocycles. The van der Waals surface area contributed by atoms with E-state index in [0.717, 1.165) is 52.2 Å². The number of rotatable bonds is 5. The van der Waals surface area contributed by atoms with Crippen LogP contribution in [0.5, 0.6) is 0 Å². The van der Waals surface area contributed by atoms with Crippen molar-refractivity contribution >= 4 is 34.6 Å². The van der Waals surface area contributed by atoms with E-state index < -0.39 is 0 Å². The molecule has 0 radical (unpaired) electrons. The van der Waals surface area contributed by atoms with Crippen molar-refractivity contribution in [2.24, 2.45) is 5.73 Å². The number of anilines is 1. The summed E-state index contributed by atoms with van der Waals surface area (Å²) in [5.74, 6) is 0.662. The molecule has 154 valence electrons. The van der Waals surface area contributed by atoms with Crippen molar-refractivity contribution in [3.63, 3.8) is 0 Å². The number of nitrogens with one attached hydrogen (secondary N) is 1. The first-order valence-corrected chi connectivity index (χ1v) is 10.8. The van der Waals surface area contributed by atoms with Crippen LogP contribution in [0.2, 0.25) is 10.0 Å². The average molecular weight is 439 g/mol. The van der Waals surface area contributed by atoms with Crippen molar-refractivity contribution in [1.29, 1.82) is 0 Å². The number of hydrogen-bond acceptors (Lipinski definition) is 4. The fourth-order valence-corrected chi connectivity index (χ4v) is 4.04. The van der Waals surface area contributed by atoms with E-state index in [2.05, 4.69) is 36.3 Å². The van der Waals surface area contributed by atoms with Crippen molar-refractivity contribution in [1.82, 2.24) is 9.97 Å². The molecule has 2 aromatic carbocycles. The van der Waals surface area contributed by atoms with Crippen LogP contribution in [0.25, 0.3) is 17.0 Å². The van der Waals surface area contributed by atoms with Crippen LogP contribution in [-0.4, -0.2) is 9.97 Å². The van der Waals surface area contributed by atoms with E-state index in [1.807, 2.05) is 12.1 Å². The Kier molecular flexibility index (Phi) is 6.09. The molecule has 0 amide bonds. The van der Waals surface area contributed by atoms with E-state index in [9.17, 15) is 0 Å². The van der Waals surface area contributed by atoms with E-state index in [-0.39, 0.29) is 0 Å². The predicted octanol–water partition coefficient (Wildman–Crippen LogP) is 6.53. The molecule has 0 unspecified atom stereocenters.